The fourth-order valence-corrected chi connectivity index (χ4v) is 3.84. The van der Waals surface area contributed by atoms with Gasteiger partial charge in [0.25, 0.3) is 5.69 Å². The number of ether oxygens (including phenoxy) is 1. The number of Topliss-reactive ketones (excluding diaryl/α,β-unsaturated/α-hetero) is 1. The second-order valence-electron chi connectivity index (χ2n) is 7.79. The van der Waals surface area contributed by atoms with Crippen molar-refractivity contribution in [2.75, 3.05) is 6.61 Å². The normalized spacial score (nSPS) is 10.8. The van der Waals surface area contributed by atoms with E-state index in [1.807, 2.05) is 31.2 Å². The number of pyridine rings is 1. The quantitative estimate of drug-likeness (QED) is 0.144. The van der Waals surface area contributed by atoms with Crippen molar-refractivity contribution in [1.29, 1.82) is 0 Å². The molecule has 0 fully saturated rings. The topological polar surface area (TPSA) is 99.4 Å². The number of carbonyl (C=O) groups excluding carboxylic acids is 2. The van der Waals surface area contributed by atoms with Gasteiger partial charge in [-0.2, -0.15) is 0 Å². The van der Waals surface area contributed by atoms with Gasteiger partial charge in [0.1, 0.15) is 0 Å². The number of halogens is 1. The molecule has 0 aliphatic carbocycles. The van der Waals surface area contributed by atoms with Crippen LogP contribution >= 0.6 is 11.6 Å². The molecule has 0 N–H and O–H groups in total. The zero-order valence-corrected chi connectivity index (χ0v) is 19.1. The molecule has 0 spiro atoms. The third kappa shape index (κ3) is 4.65. The molecular weight excluding hydrogens is 456 g/mol. The SMILES string of the molecule is Cc1ccc(-c2nc3ccc(Cl)cc3c(C(=O)OCC(=O)c3cccc([N+](=O)[O-])c3)c2C)cc1. The minimum absolute atomic E-state index is 0.0849. The van der Waals surface area contributed by atoms with Gasteiger partial charge in [0.2, 0.25) is 5.78 Å². The van der Waals surface area contributed by atoms with Gasteiger partial charge in [0, 0.05) is 33.7 Å². The van der Waals surface area contributed by atoms with Crippen LogP contribution in [0.15, 0.2) is 66.7 Å². The van der Waals surface area contributed by atoms with Gasteiger partial charge in [-0.15, -0.1) is 0 Å². The first-order valence-corrected chi connectivity index (χ1v) is 10.7. The minimum Gasteiger partial charge on any atom is -0.454 e. The monoisotopic (exact) mass is 474 g/mol. The highest BCUT2D eigenvalue weighted by Crippen LogP contribution is 2.32. The van der Waals surface area contributed by atoms with Crippen LogP contribution in [-0.4, -0.2) is 28.3 Å². The second-order valence-corrected chi connectivity index (χ2v) is 8.23. The number of carbonyl (C=O) groups is 2. The zero-order chi connectivity index (χ0) is 24.4. The number of hydrogen-bond acceptors (Lipinski definition) is 6. The van der Waals surface area contributed by atoms with Crippen LogP contribution < -0.4 is 0 Å². The van der Waals surface area contributed by atoms with Gasteiger partial charge in [-0.05, 0) is 37.6 Å². The van der Waals surface area contributed by atoms with Crippen LogP contribution in [0.2, 0.25) is 5.02 Å². The molecule has 0 aliphatic heterocycles. The molecule has 3 aromatic carbocycles. The number of benzene rings is 3. The first kappa shape index (κ1) is 23.1. The Bertz CT molecular complexity index is 1450. The van der Waals surface area contributed by atoms with E-state index >= 15 is 0 Å². The molecule has 0 atom stereocenters. The molecule has 8 heteroatoms. The summed E-state index contributed by atoms with van der Waals surface area (Å²) in [7, 11) is 0. The summed E-state index contributed by atoms with van der Waals surface area (Å²) in [5.41, 5.74) is 3.82. The first-order chi connectivity index (χ1) is 16.2. The molecule has 1 heterocycles. The second kappa shape index (κ2) is 9.41. The lowest BCUT2D eigenvalue weighted by atomic mass is 9.97. The number of aryl methyl sites for hydroxylation is 1. The Morgan fingerprint density at radius 1 is 1.03 bits per heavy atom. The number of non-ortho nitro benzene ring substituents is 1. The van der Waals surface area contributed by atoms with E-state index in [9.17, 15) is 19.7 Å². The summed E-state index contributed by atoms with van der Waals surface area (Å²) < 4.78 is 5.35. The van der Waals surface area contributed by atoms with Gasteiger partial charge in [0.15, 0.2) is 6.61 Å². The minimum atomic E-state index is -0.709. The average Bonchev–Trinajstić information content (AvgIpc) is 2.82. The lowest BCUT2D eigenvalue weighted by Crippen LogP contribution is -2.16. The van der Waals surface area contributed by atoms with E-state index in [1.165, 1.54) is 18.2 Å². The zero-order valence-electron chi connectivity index (χ0n) is 18.4. The van der Waals surface area contributed by atoms with Crippen molar-refractivity contribution in [3.8, 4) is 11.3 Å². The summed E-state index contributed by atoms with van der Waals surface area (Å²) in [6.07, 6.45) is 0. The van der Waals surface area contributed by atoms with E-state index in [1.54, 1.807) is 25.1 Å². The van der Waals surface area contributed by atoms with Crippen molar-refractivity contribution in [2.24, 2.45) is 0 Å². The van der Waals surface area contributed by atoms with E-state index in [-0.39, 0.29) is 16.8 Å². The van der Waals surface area contributed by atoms with Crippen molar-refractivity contribution in [3.63, 3.8) is 0 Å². The van der Waals surface area contributed by atoms with Crippen molar-refractivity contribution < 1.29 is 19.2 Å². The molecule has 1 aromatic heterocycles. The maximum Gasteiger partial charge on any atom is 0.339 e. The average molecular weight is 475 g/mol. The molecule has 0 bridgehead atoms. The third-order valence-electron chi connectivity index (χ3n) is 5.43. The van der Waals surface area contributed by atoms with Crippen LogP contribution in [0.1, 0.15) is 31.8 Å². The number of nitro benzene ring substituents is 1. The van der Waals surface area contributed by atoms with Gasteiger partial charge in [-0.1, -0.05) is 53.6 Å². The third-order valence-corrected chi connectivity index (χ3v) is 5.67. The molecule has 34 heavy (non-hydrogen) atoms. The summed E-state index contributed by atoms with van der Waals surface area (Å²) in [5, 5.41) is 11.9. The molecule has 0 aliphatic rings. The molecule has 0 saturated carbocycles. The lowest BCUT2D eigenvalue weighted by Gasteiger charge is -2.14. The van der Waals surface area contributed by atoms with Gasteiger partial charge in [-0.25, -0.2) is 9.78 Å². The van der Waals surface area contributed by atoms with Crippen LogP contribution in [0.4, 0.5) is 5.69 Å². The van der Waals surface area contributed by atoms with Gasteiger partial charge in [-0.3, -0.25) is 14.9 Å². The van der Waals surface area contributed by atoms with E-state index in [0.717, 1.165) is 17.2 Å². The highest BCUT2D eigenvalue weighted by atomic mass is 35.5. The van der Waals surface area contributed by atoms with Crippen molar-refractivity contribution >= 4 is 39.9 Å². The fourth-order valence-electron chi connectivity index (χ4n) is 3.67. The largest absolute Gasteiger partial charge is 0.454 e. The van der Waals surface area contributed by atoms with E-state index in [4.69, 9.17) is 21.3 Å². The highest BCUT2D eigenvalue weighted by Gasteiger charge is 2.22. The Morgan fingerprint density at radius 3 is 2.47 bits per heavy atom. The van der Waals surface area contributed by atoms with Crippen LogP contribution in [-0.2, 0) is 4.74 Å². The summed E-state index contributed by atoms with van der Waals surface area (Å²) in [6, 6.07) is 18.1. The number of hydrogen-bond donors (Lipinski definition) is 0. The highest BCUT2D eigenvalue weighted by molar-refractivity contribution is 6.31. The fraction of sp³-hybridized carbons (Fsp3) is 0.115. The van der Waals surface area contributed by atoms with E-state index < -0.39 is 23.3 Å². The summed E-state index contributed by atoms with van der Waals surface area (Å²) in [6.45, 7) is 3.18. The first-order valence-electron chi connectivity index (χ1n) is 10.4. The number of aromatic nitrogens is 1. The van der Waals surface area contributed by atoms with Crippen LogP contribution in [0.3, 0.4) is 0 Å². The molecule has 0 radical (unpaired) electrons. The standard InChI is InChI=1S/C26H19ClN2O5/c1-15-6-8-17(9-7-15)25-16(2)24(21-13-19(27)10-11-22(21)28-25)26(31)34-14-23(30)18-4-3-5-20(12-18)29(32)33/h3-13H,14H2,1-2H3. The maximum atomic E-state index is 13.2. The Balaban J connectivity index is 1.70. The summed E-state index contributed by atoms with van der Waals surface area (Å²) in [4.78, 5) is 40.8. The summed E-state index contributed by atoms with van der Waals surface area (Å²) in [5.74, 6) is -1.26. The van der Waals surface area contributed by atoms with Gasteiger partial charge < -0.3 is 4.74 Å². The molecule has 7 nitrogen and oxygen atoms in total. The number of ketones is 1. The van der Waals surface area contributed by atoms with Crippen molar-refractivity contribution in [1.82, 2.24) is 4.98 Å². The number of rotatable bonds is 6. The van der Waals surface area contributed by atoms with Gasteiger partial charge in [0.05, 0.1) is 21.7 Å². The summed E-state index contributed by atoms with van der Waals surface area (Å²) >= 11 is 6.18. The maximum absolute atomic E-state index is 13.2. The Hall–Kier alpha value is -4.10. The molecule has 4 rings (SSSR count). The number of nitro groups is 1. The van der Waals surface area contributed by atoms with Crippen LogP contribution in [0.25, 0.3) is 22.2 Å². The Labute approximate surface area is 200 Å². The number of fused-ring (bicyclic) bond motifs is 1. The molecule has 0 unspecified atom stereocenters. The number of nitrogens with zero attached hydrogens (tertiary/aromatic N) is 2. The molecule has 170 valence electrons. The molecule has 4 aromatic rings. The predicted molar refractivity (Wildman–Crippen MR) is 129 cm³/mol. The van der Waals surface area contributed by atoms with Crippen LogP contribution in [0.5, 0.6) is 0 Å². The predicted octanol–water partition coefficient (Wildman–Crippen LogP) is 6.12. The smallest absolute Gasteiger partial charge is 0.339 e. The van der Waals surface area contributed by atoms with Crippen molar-refractivity contribution in [3.05, 3.63) is 104 Å². The Kier molecular flexibility index (Phi) is 6.38. The molecule has 0 amide bonds. The lowest BCUT2D eigenvalue weighted by molar-refractivity contribution is -0.384. The Morgan fingerprint density at radius 2 is 1.76 bits per heavy atom. The van der Waals surface area contributed by atoms with E-state index in [0.29, 0.717) is 27.2 Å². The van der Waals surface area contributed by atoms with Crippen molar-refractivity contribution in [2.45, 2.75) is 13.8 Å². The van der Waals surface area contributed by atoms with E-state index in [2.05, 4.69) is 0 Å². The number of esters is 1. The molecule has 0 saturated heterocycles. The van der Waals surface area contributed by atoms with Gasteiger partial charge >= 0.3 is 5.97 Å². The molecular formula is C26H19ClN2O5. The van der Waals surface area contributed by atoms with Crippen LogP contribution in [0, 0.1) is 24.0 Å².